The van der Waals surface area contributed by atoms with Crippen LogP contribution in [0.25, 0.3) is 0 Å². The zero-order valence-electron chi connectivity index (χ0n) is 9.90. The fourth-order valence-corrected chi connectivity index (χ4v) is 2.49. The first-order valence-corrected chi connectivity index (χ1v) is 7.54. The topological polar surface area (TPSA) is 66.5 Å². The fourth-order valence-electron chi connectivity index (χ4n) is 1.95. The Morgan fingerprint density at radius 2 is 2.19 bits per heavy atom. The van der Waals surface area contributed by atoms with Crippen molar-refractivity contribution in [2.45, 2.75) is 26.2 Å². The molecule has 1 rings (SSSR count). The summed E-state index contributed by atoms with van der Waals surface area (Å²) in [4.78, 5) is 13.3. The highest BCUT2D eigenvalue weighted by Crippen LogP contribution is 2.16. The molecule has 0 aromatic heterocycles. The summed E-state index contributed by atoms with van der Waals surface area (Å²) < 4.78 is 24.4. The molecular weight excluding hydrogens is 228 g/mol. The van der Waals surface area contributed by atoms with Crippen LogP contribution in [0.3, 0.4) is 0 Å². The molecule has 0 aliphatic carbocycles. The largest absolute Gasteiger partial charge is 0.342 e. The lowest BCUT2D eigenvalue weighted by Crippen LogP contribution is -2.43. The smallest absolute Gasteiger partial charge is 0.222 e. The third kappa shape index (κ3) is 4.49. The second-order valence-corrected chi connectivity index (χ2v) is 6.16. The normalized spacial score (nSPS) is 22.1. The molecule has 0 aromatic rings. The molecule has 1 saturated heterocycles. The maximum absolute atomic E-state index is 11.5. The average molecular weight is 248 g/mol. The lowest BCUT2D eigenvalue weighted by Gasteiger charge is -2.32. The number of hydrogen-bond acceptors (Lipinski definition) is 3. The maximum atomic E-state index is 11.5. The Kier molecular flexibility index (Phi) is 4.73. The molecule has 0 spiro atoms. The van der Waals surface area contributed by atoms with E-state index in [2.05, 4.69) is 4.72 Å². The minimum absolute atomic E-state index is 0.157. The number of sulfonamides is 1. The van der Waals surface area contributed by atoms with E-state index in [-0.39, 0.29) is 11.8 Å². The minimum atomic E-state index is -3.12. The number of piperidine rings is 1. The third-order valence-corrected chi connectivity index (χ3v) is 3.50. The van der Waals surface area contributed by atoms with E-state index in [9.17, 15) is 13.2 Å². The summed E-state index contributed by atoms with van der Waals surface area (Å²) in [5.41, 5.74) is 0. The monoisotopic (exact) mass is 248 g/mol. The van der Waals surface area contributed by atoms with Gasteiger partial charge >= 0.3 is 0 Å². The zero-order valence-corrected chi connectivity index (χ0v) is 10.7. The highest BCUT2D eigenvalue weighted by molar-refractivity contribution is 7.88. The summed E-state index contributed by atoms with van der Waals surface area (Å²) in [6.45, 7) is 3.77. The van der Waals surface area contributed by atoms with E-state index in [0.29, 0.717) is 19.5 Å². The first-order chi connectivity index (χ1) is 7.42. The van der Waals surface area contributed by atoms with Crippen molar-refractivity contribution < 1.29 is 13.2 Å². The Morgan fingerprint density at radius 3 is 2.75 bits per heavy atom. The molecule has 1 aliphatic rings. The average Bonchev–Trinajstić information content (AvgIpc) is 2.25. The van der Waals surface area contributed by atoms with Crippen LogP contribution < -0.4 is 4.72 Å². The van der Waals surface area contributed by atoms with E-state index >= 15 is 0 Å². The van der Waals surface area contributed by atoms with Crippen LogP contribution in [0, 0.1) is 5.92 Å². The molecule has 0 bridgehead atoms. The van der Waals surface area contributed by atoms with Gasteiger partial charge in [0.15, 0.2) is 0 Å². The van der Waals surface area contributed by atoms with Crippen LogP contribution in [0.5, 0.6) is 0 Å². The molecule has 5 nitrogen and oxygen atoms in total. The summed E-state index contributed by atoms with van der Waals surface area (Å²) >= 11 is 0. The number of likely N-dealkylation sites (tertiary alicyclic amines) is 1. The first-order valence-electron chi connectivity index (χ1n) is 5.64. The summed E-state index contributed by atoms with van der Waals surface area (Å²) in [5, 5.41) is 0. The van der Waals surface area contributed by atoms with E-state index in [1.54, 1.807) is 0 Å². The van der Waals surface area contributed by atoms with Crippen LogP contribution >= 0.6 is 0 Å². The van der Waals surface area contributed by atoms with Gasteiger partial charge in [0.05, 0.1) is 6.26 Å². The molecule has 1 aliphatic heterocycles. The van der Waals surface area contributed by atoms with Crippen LogP contribution in [-0.2, 0) is 14.8 Å². The molecule has 0 radical (unpaired) electrons. The molecule has 1 N–H and O–H groups in total. The fraction of sp³-hybridized carbons (Fsp3) is 0.900. The van der Waals surface area contributed by atoms with Gasteiger partial charge in [-0.3, -0.25) is 4.79 Å². The standard InChI is InChI=1S/C10H20N2O3S/c1-3-10(13)12-6-4-5-9(8-12)7-11-16(2,14)15/h9,11H,3-8H2,1-2H3/t9-/m1/s1. The molecule has 0 aromatic carbocycles. The molecule has 1 heterocycles. The molecule has 1 amide bonds. The Labute approximate surface area is 97.2 Å². The Morgan fingerprint density at radius 1 is 1.50 bits per heavy atom. The number of nitrogens with one attached hydrogen (secondary N) is 1. The molecule has 16 heavy (non-hydrogen) atoms. The van der Waals surface area contributed by atoms with E-state index in [0.717, 1.165) is 25.6 Å². The molecule has 0 unspecified atom stereocenters. The predicted molar refractivity (Wildman–Crippen MR) is 62.4 cm³/mol. The van der Waals surface area contributed by atoms with Crippen molar-refractivity contribution in [3.05, 3.63) is 0 Å². The van der Waals surface area contributed by atoms with Gasteiger partial charge in [-0.15, -0.1) is 0 Å². The Balaban J connectivity index is 2.42. The van der Waals surface area contributed by atoms with Crippen molar-refractivity contribution in [2.75, 3.05) is 25.9 Å². The highest BCUT2D eigenvalue weighted by Gasteiger charge is 2.23. The van der Waals surface area contributed by atoms with Gasteiger partial charge in [0.2, 0.25) is 15.9 Å². The zero-order chi connectivity index (χ0) is 12.2. The van der Waals surface area contributed by atoms with Gasteiger partial charge in [0.25, 0.3) is 0 Å². The van der Waals surface area contributed by atoms with Crippen molar-refractivity contribution in [3.63, 3.8) is 0 Å². The number of carbonyl (C=O) groups is 1. The lowest BCUT2D eigenvalue weighted by molar-refractivity contribution is -0.132. The van der Waals surface area contributed by atoms with Gasteiger partial charge in [0, 0.05) is 26.1 Å². The summed E-state index contributed by atoms with van der Waals surface area (Å²) in [5.74, 6) is 0.406. The molecule has 94 valence electrons. The van der Waals surface area contributed by atoms with Gasteiger partial charge < -0.3 is 4.90 Å². The predicted octanol–water partition coefficient (Wildman–Crippen LogP) is 0.184. The van der Waals surface area contributed by atoms with Crippen molar-refractivity contribution in [1.29, 1.82) is 0 Å². The second kappa shape index (κ2) is 5.63. The van der Waals surface area contributed by atoms with E-state index in [4.69, 9.17) is 0 Å². The summed E-state index contributed by atoms with van der Waals surface area (Å²) in [7, 11) is -3.12. The van der Waals surface area contributed by atoms with E-state index in [1.807, 2.05) is 11.8 Å². The van der Waals surface area contributed by atoms with E-state index in [1.165, 1.54) is 0 Å². The number of amides is 1. The van der Waals surface area contributed by atoms with Crippen LogP contribution in [0.2, 0.25) is 0 Å². The van der Waals surface area contributed by atoms with Gasteiger partial charge in [0.1, 0.15) is 0 Å². The quantitative estimate of drug-likeness (QED) is 0.772. The SMILES string of the molecule is CCC(=O)N1CCC[C@H](CNS(C)(=O)=O)C1. The number of nitrogens with zero attached hydrogens (tertiary/aromatic N) is 1. The van der Waals surface area contributed by atoms with Crippen LogP contribution in [0.1, 0.15) is 26.2 Å². The van der Waals surface area contributed by atoms with Crippen molar-refractivity contribution in [1.82, 2.24) is 9.62 Å². The summed E-state index contributed by atoms with van der Waals surface area (Å²) in [6, 6.07) is 0. The van der Waals surface area contributed by atoms with E-state index < -0.39 is 10.0 Å². The lowest BCUT2D eigenvalue weighted by atomic mass is 9.98. The van der Waals surface area contributed by atoms with Gasteiger partial charge in [-0.2, -0.15) is 0 Å². The Bertz CT molecular complexity index is 340. The maximum Gasteiger partial charge on any atom is 0.222 e. The van der Waals surface area contributed by atoms with Gasteiger partial charge in [-0.05, 0) is 18.8 Å². The highest BCUT2D eigenvalue weighted by atomic mass is 32.2. The van der Waals surface area contributed by atoms with Crippen molar-refractivity contribution in [3.8, 4) is 0 Å². The van der Waals surface area contributed by atoms with Crippen LogP contribution in [0.15, 0.2) is 0 Å². The van der Waals surface area contributed by atoms with Crippen molar-refractivity contribution in [2.24, 2.45) is 5.92 Å². The first kappa shape index (κ1) is 13.4. The van der Waals surface area contributed by atoms with Gasteiger partial charge in [-0.25, -0.2) is 13.1 Å². The number of hydrogen-bond donors (Lipinski definition) is 1. The Hall–Kier alpha value is -0.620. The third-order valence-electron chi connectivity index (χ3n) is 2.81. The molecule has 1 atom stereocenters. The summed E-state index contributed by atoms with van der Waals surface area (Å²) in [6.07, 6.45) is 3.62. The van der Waals surface area contributed by atoms with Crippen molar-refractivity contribution >= 4 is 15.9 Å². The molecule has 1 fully saturated rings. The molecule has 0 saturated carbocycles. The minimum Gasteiger partial charge on any atom is -0.342 e. The van der Waals surface area contributed by atoms with Gasteiger partial charge in [-0.1, -0.05) is 6.92 Å². The second-order valence-electron chi connectivity index (χ2n) is 4.32. The molecule has 6 heteroatoms. The number of rotatable bonds is 4. The molecular formula is C10H20N2O3S. The van der Waals surface area contributed by atoms with Crippen LogP contribution in [-0.4, -0.2) is 45.1 Å². The van der Waals surface area contributed by atoms with Crippen LogP contribution in [0.4, 0.5) is 0 Å². The number of carbonyl (C=O) groups excluding carboxylic acids is 1.